The van der Waals surface area contributed by atoms with E-state index in [4.69, 9.17) is 5.73 Å². The van der Waals surface area contributed by atoms with Gasteiger partial charge in [-0.15, -0.1) is 0 Å². The SMILES string of the molecule is C=C/C=C(N)\C(N=CCCC)=C(\C)[C@H](C)CC. The maximum absolute atomic E-state index is 6.02. The normalized spacial score (nSPS) is 15.9. The molecule has 2 N–H and O–H groups in total. The van der Waals surface area contributed by atoms with Crippen LogP contribution in [0.2, 0.25) is 0 Å². The molecule has 0 fully saturated rings. The number of nitrogens with two attached hydrogens (primary N) is 1. The van der Waals surface area contributed by atoms with Crippen molar-refractivity contribution >= 4 is 6.21 Å². The second kappa shape index (κ2) is 8.80. The van der Waals surface area contributed by atoms with Crippen molar-refractivity contribution in [3.05, 3.63) is 35.7 Å². The van der Waals surface area contributed by atoms with Crippen LogP contribution >= 0.6 is 0 Å². The van der Waals surface area contributed by atoms with Crippen LogP contribution in [0.15, 0.2) is 40.7 Å². The molecule has 2 heteroatoms. The Hall–Kier alpha value is -1.31. The average Bonchev–Trinajstić information content (AvgIpc) is 2.33. The first-order valence-corrected chi connectivity index (χ1v) is 6.40. The maximum Gasteiger partial charge on any atom is 0.0846 e. The Balaban J connectivity index is 5.23. The topological polar surface area (TPSA) is 38.4 Å². The fraction of sp³-hybridized carbons (Fsp3) is 0.533. The lowest BCUT2D eigenvalue weighted by atomic mass is 9.97. The first kappa shape index (κ1) is 15.7. The lowest BCUT2D eigenvalue weighted by Crippen LogP contribution is -2.06. The van der Waals surface area contributed by atoms with Crippen LogP contribution in [0.1, 0.15) is 47.0 Å². The van der Waals surface area contributed by atoms with Crippen LogP contribution in [0.5, 0.6) is 0 Å². The zero-order chi connectivity index (χ0) is 13.3. The summed E-state index contributed by atoms with van der Waals surface area (Å²) in [6, 6.07) is 0. The third-order valence-corrected chi connectivity index (χ3v) is 2.93. The van der Waals surface area contributed by atoms with Gasteiger partial charge in [0.05, 0.1) is 11.4 Å². The average molecular weight is 234 g/mol. The fourth-order valence-electron chi connectivity index (χ4n) is 1.43. The van der Waals surface area contributed by atoms with E-state index in [2.05, 4.69) is 39.3 Å². The largest absolute Gasteiger partial charge is 0.397 e. The molecule has 0 saturated heterocycles. The van der Waals surface area contributed by atoms with Gasteiger partial charge in [-0.25, -0.2) is 0 Å². The Morgan fingerprint density at radius 3 is 2.53 bits per heavy atom. The van der Waals surface area contributed by atoms with E-state index in [9.17, 15) is 0 Å². The monoisotopic (exact) mass is 234 g/mol. The van der Waals surface area contributed by atoms with Gasteiger partial charge in [0.25, 0.3) is 0 Å². The van der Waals surface area contributed by atoms with Crippen molar-refractivity contribution in [3.63, 3.8) is 0 Å². The molecule has 0 aromatic heterocycles. The third-order valence-electron chi connectivity index (χ3n) is 2.93. The van der Waals surface area contributed by atoms with Gasteiger partial charge in [-0.05, 0) is 37.3 Å². The van der Waals surface area contributed by atoms with Crippen molar-refractivity contribution in [2.24, 2.45) is 16.6 Å². The Morgan fingerprint density at radius 1 is 1.41 bits per heavy atom. The summed E-state index contributed by atoms with van der Waals surface area (Å²) in [5.74, 6) is 0.501. The Labute approximate surface area is 106 Å². The van der Waals surface area contributed by atoms with Crippen LogP contribution in [0.25, 0.3) is 0 Å². The molecule has 0 aromatic carbocycles. The predicted molar refractivity (Wildman–Crippen MR) is 78.0 cm³/mol. The molecule has 17 heavy (non-hydrogen) atoms. The highest BCUT2D eigenvalue weighted by atomic mass is 14.8. The summed E-state index contributed by atoms with van der Waals surface area (Å²) < 4.78 is 0. The van der Waals surface area contributed by atoms with E-state index in [-0.39, 0.29) is 0 Å². The molecule has 96 valence electrons. The quantitative estimate of drug-likeness (QED) is 0.520. The number of allylic oxidation sites excluding steroid dienone is 3. The maximum atomic E-state index is 6.02. The van der Waals surface area contributed by atoms with E-state index in [1.165, 1.54) is 5.57 Å². The lowest BCUT2D eigenvalue weighted by molar-refractivity contribution is 0.647. The number of hydrogen-bond acceptors (Lipinski definition) is 2. The smallest absolute Gasteiger partial charge is 0.0846 e. The molecular formula is C15H26N2. The first-order valence-electron chi connectivity index (χ1n) is 6.40. The van der Waals surface area contributed by atoms with Gasteiger partial charge < -0.3 is 5.73 Å². The second-order valence-corrected chi connectivity index (χ2v) is 4.30. The van der Waals surface area contributed by atoms with Gasteiger partial charge in [0.15, 0.2) is 0 Å². The molecule has 0 aliphatic heterocycles. The summed E-state index contributed by atoms with van der Waals surface area (Å²) in [4.78, 5) is 4.51. The molecule has 0 aliphatic carbocycles. The van der Waals surface area contributed by atoms with Crippen LogP contribution < -0.4 is 5.73 Å². The van der Waals surface area contributed by atoms with Gasteiger partial charge in [-0.3, -0.25) is 4.99 Å². The highest BCUT2D eigenvalue weighted by Gasteiger charge is 2.09. The summed E-state index contributed by atoms with van der Waals surface area (Å²) in [6.45, 7) is 12.3. The second-order valence-electron chi connectivity index (χ2n) is 4.30. The number of rotatable bonds is 7. The Bertz CT molecular complexity index is 322. The van der Waals surface area contributed by atoms with Crippen molar-refractivity contribution in [2.75, 3.05) is 0 Å². The zero-order valence-electron chi connectivity index (χ0n) is 11.7. The molecule has 0 bridgehead atoms. The molecule has 1 atom stereocenters. The molecule has 0 aromatic rings. The number of hydrogen-bond donors (Lipinski definition) is 1. The summed E-state index contributed by atoms with van der Waals surface area (Å²) in [5.41, 5.74) is 8.88. The van der Waals surface area contributed by atoms with Crippen molar-refractivity contribution in [1.29, 1.82) is 0 Å². The van der Waals surface area contributed by atoms with Crippen LogP contribution in [0.3, 0.4) is 0 Å². The molecule has 0 saturated carbocycles. The van der Waals surface area contributed by atoms with Gasteiger partial charge in [0.1, 0.15) is 0 Å². The van der Waals surface area contributed by atoms with Crippen LogP contribution in [0.4, 0.5) is 0 Å². The summed E-state index contributed by atoms with van der Waals surface area (Å²) >= 11 is 0. The van der Waals surface area contributed by atoms with E-state index in [1.807, 2.05) is 12.3 Å². The summed E-state index contributed by atoms with van der Waals surface area (Å²) in [6.07, 6.45) is 8.65. The molecule has 0 unspecified atom stereocenters. The van der Waals surface area contributed by atoms with Gasteiger partial charge >= 0.3 is 0 Å². The van der Waals surface area contributed by atoms with E-state index >= 15 is 0 Å². The number of nitrogens with zero attached hydrogens (tertiary/aromatic N) is 1. The van der Waals surface area contributed by atoms with Crippen molar-refractivity contribution < 1.29 is 0 Å². The standard InChI is InChI=1S/C15H26N2/c1-6-9-11-17-15(14(16)10-7-2)13(5)12(4)8-3/h7,10-12H,2,6,8-9,16H2,1,3-5H3/b14-10+,15-13+,17-11?/t12-/m1/s1. The van der Waals surface area contributed by atoms with Crippen LogP contribution in [-0.2, 0) is 0 Å². The Kier molecular flexibility index (Phi) is 8.12. The minimum Gasteiger partial charge on any atom is -0.397 e. The van der Waals surface area contributed by atoms with Gasteiger partial charge in [0, 0.05) is 6.21 Å². The first-order chi connectivity index (χ1) is 8.08. The summed E-state index contributed by atoms with van der Waals surface area (Å²) in [5, 5.41) is 0. The van der Waals surface area contributed by atoms with Crippen molar-refractivity contribution in [1.82, 2.24) is 0 Å². The van der Waals surface area contributed by atoms with E-state index in [1.54, 1.807) is 6.08 Å². The molecule has 0 aliphatic rings. The zero-order valence-corrected chi connectivity index (χ0v) is 11.7. The van der Waals surface area contributed by atoms with Crippen molar-refractivity contribution in [3.8, 4) is 0 Å². The van der Waals surface area contributed by atoms with Crippen molar-refractivity contribution in [2.45, 2.75) is 47.0 Å². The van der Waals surface area contributed by atoms with Gasteiger partial charge in [-0.1, -0.05) is 39.8 Å². The van der Waals surface area contributed by atoms with Gasteiger partial charge in [0.2, 0.25) is 0 Å². The van der Waals surface area contributed by atoms with Gasteiger partial charge in [-0.2, -0.15) is 0 Å². The van der Waals surface area contributed by atoms with E-state index in [0.717, 1.165) is 25.0 Å². The predicted octanol–water partition coefficient (Wildman–Crippen LogP) is 4.21. The molecule has 0 amide bonds. The van der Waals surface area contributed by atoms with Crippen LogP contribution in [-0.4, -0.2) is 6.21 Å². The molecule has 0 spiro atoms. The number of aliphatic imine (C=N–C) groups is 1. The highest BCUT2D eigenvalue weighted by Crippen LogP contribution is 2.22. The number of unbranched alkanes of at least 4 members (excludes halogenated alkanes) is 1. The minimum absolute atomic E-state index is 0.501. The molecule has 2 nitrogen and oxygen atoms in total. The fourth-order valence-corrected chi connectivity index (χ4v) is 1.43. The van der Waals surface area contributed by atoms with E-state index in [0.29, 0.717) is 11.6 Å². The molecule has 0 heterocycles. The summed E-state index contributed by atoms with van der Waals surface area (Å²) in [7, 11) is 0. The van der Waals surface area contributed by atoms with Crippen LogP contribution in [0, 0.1) is 5.92 Å². The Morgan fingerprint density at radius 2 is 2.06 bits per heavy atom. The molecular weight excluding hydrogens is 208 g/mol. The highest BCUT2D eigenvalue weighted by molar-refractivity contribution is 5.60. The molecule has 0 rings (SSSR count). The third kappa shape index (κ3) is 5.53. The minimum atomic E-state index is 0.501. The van der Waals surface area contributed by atoms with E-state index < -0.39 is 0 Å². The molecule has 0 radical (unpaired) electrons. The lowest BCUT2D eigenvalue weighted by Gasteiger charge is -2.13.